The molecule has 1 aliphatic rings. The van der Waals surface area contributed by atoms with Gasteiger partial charge in [-0.2, -0.15) is 0 Å². The highest BCUT2D eigenvalue weighted by molar-refractivity contribution is 6.31. The Hall–Kier alpha value is -0.840. The van der Waals surface area contributed by atoms with Crippen molar-refractivity contribution in [1.82, 2.24) is 14.5 Å². The van der Waals surface area contributed by atoms with E-state index in [-0.39, 0.29) is 6.10 Å². The number of hydrogen-bond donors (Lipinski definition) is 0. The molecule has 0 N–H and O–H groups in total. The van der Waals surface area contributed by atoms with Crippen LogP contribution in [0, 0.1) is 0 Å². The molecular formula is C13H15Cl2N3O. The number of hydrogen-bond acceptors (Lipinski definition) is 3. The second-order valence-electron chi connectivity index (χ2n) is 4.76. The van der Waals surface area contributed by atoms with E-state index in [0.29, 0.717) is 10.9 Å². The van der Waals surface area contributed by atoms with Crippen LogP contribution in [0.5, 0.6) is 0 Å². The monoisotopic (exact) mass is 299 g/mol. The first-order chi connectivity index (χ1) is 9.28. The SMILES string of the molecule is ClCc1nc2cc(Cl)cnc2n1CC1CCCCO1. The lowest BCUT2D eigenvalue weighted by atomic mass is 10.1. The van der Waals surface area contributed by atoms with Crippen LogP contribution in [-0.2, 0) is 17.2 Å². The first-order valence-electron chi connectivity index (χ1n) is 6.46. The molecule has 1 atom stereocenters. The van der Waals surface area contributed by atoms with Gasteiger partial charge in [-0.3, -0.25) is 0 Å². The van der Waals surface area contributed by atoms with Crippen LogP contribution in [0.1, 0.15) is 25.1 Å². The summed E-state index contributed by atoms with van der Waals surface area (Å²) in [4.78, 5) is 8.86. The molecular weight excluding hydrogens is 285 g/mol. The highest BCUT2D eigenvalue weighted by Crippen LogP contribution is 2.22. The van der Waals surface area contributed by atoms with Crippen LogP contribution in [-0.4, -0.2) is 27.2 Å². The summed E-state index contributed by atoms with van der Waals surface area (Å²) in [6.07, 6.45) is 5.31. The second-order valence-corrected chi connectivity index (χ2v) is 5.46. The van der Waals surface area contributed by atoms with Crippen LogP contribution in [0.4, 0.5) is 0 Å². The van der Waals surface area contributed by atoms with Gasteiger partial charge < -0.3 is 9.30 Å². The average molecular weight is 300 g/mol. The zero-order chi connectivity index (χ0) is 13.2. The zero-order valence-electron chi connectivity index (χ0n) is 10.5. The standard InChI is InChI=1S/C13H15Cl2N3O/c14-6-12-17-11-5-9(15)7-16-13(11)18(12)8-10-3-1-2-4-19-10/h5,7,10H,1-4,6,8H2. The molecule has 3 rings (SSSR count). The third-order valence-corrected chi connectivity index (χ3v) is 3.86. The topological polar surface area (TPSA) is 39.9 Å². The summed E-state index contributed by atoms with van der Waals surface area (Å²) >= 11 is 11.9. The minimum atomic E-state index is 0.227. The Kier molecular flexibility index (Phi) is 3.91. The van der Waals surface area contributed by atoms with Crippen molar-refractivity contribution in [3.05, 3.63) is 23.1 Å². The summed E-state index contributed by atoms with van der Waals surface area (Å²) < 4.78 is 7.83. The van der Waals surface area contributed by atoms with Crippen LogP contribution in [0.3, 0.4) is 0 Å². The number of ether oxygens (including phenoxy) is 1. The van der Waals surface area contributed by atoms with E-state index in [0.717, 1.165) is 43.0 Å². The second kappa shape index (κ2) is 5.65. The molecule has 4 nitrogen and oxygen atoms in total. The number of nitrogens with zero attached hydrogens (tertiary/aromatic N) is 3. The lowest BCUT2D eigenvalue weighted by Crippen LogP contribution is -2.25. The van der Waals surface area contributed by atoms with Gasteiger partial charge >= 0.3 is 0 Å². The fourth-order valence-electron chi connectivity index (χ4n) is 2.48. The van der Waals surface area contributed by atoms with Crippen molar-refractivity contribution in [2.45, 2.75) is 37.8 Å². The van der Waals surface area contributed by atoms with Crippen LogP contribution in [0.25, 0.3) is 11.2 Å². The Morgan fingerprint density at radius 3 is 3.05 bits per heavy atom. The van der Waals surface area contributed by atoms with E-state index in [1.807, 2.05) is 6.07 Å². The number of fused-ring (bicyclic) bond motifs is 1. The van der Waals surface area contributed by atoms with E-state index in [1.165, 1.54) is 6.42 Å². The molecule has 0 amide bonds. The van der Waals surface area contributed by atoms with Crippen molar-refractivity contribution in [2.24, 2.45) is 0 Å². The summed E-state index contributed by atoms with van der Waals surface area (Å²) in [6.45, 7) is 1.60. The molecule has 1 unspecified atom stereocenters. The normalized spacial score (nSPS) is 20.0. The van der Waals surface area contributed by atoms with Gasteiger partial charge in [-0.15, -0.1) is 11.6 Å². The Bertz CT molecular complexity index is 579. The molecule has 2 aromatic heterocycles. The van der Waals surface area contributed by atoms with Gasteiger partial charge in [0.05, 0.1) is 23.6 Å². The predicted molar refractivity (Wildman–Crippen MR) is 75.7 cm³/mol. The summed E-state index contributed by atoms with van der Waals surface area (Å²) in [5.74, 6) is 1.18. The van der Waals surface area contributed by atoms with Gasteiger partial charge in [0.25, 0.3) is 0 Å². The van der Waals surface area contributed by atoms with E-state index in [1.54, 1.807) is 6.20 Å². The van der Waals surface area contributed by atoms with Gasteiger partial charge in [-0.25, -0.2) is 9.97 Å². The Balaban J connectivity index is 1.95. The number of pyridine rings is 1. The molecule has 0 bridgehead atoms. The first-order valence-corrected chi connectivity index (χ1v) is 7.37. The van der Waals surface area contributed by atoms with Crippen molar-refractivity contribution in [2.75, 3.05) is 6.61 Å². The Labute approximate surface area is 121 Å². The number of rotatable bonds is 3. The van der Waals surface area contributed by atoms with E-state index >= 15 is 0 Å². The lowest BCUT2D eigenvalue weighted by molar-refractivity contribution is 0.00619. The highest BCUT2D eigenvalue weighted by atomic mass is 35.5. The maximum atomic E-state index is 5.98. The van der Waals surface area contributed by atoms with Crippen molar-refractivity contribution >= 4 is 34.4 Å². The molecule has 0 saturated carbocycles. The molecule has 2 aromatic rings. The molecule has 3 heterocycles. The third kappa shape index (κ3) is 2.71. The Morgan fingerprint density at radius 1 is 1.42 bits per heavy atom. The molecule has 0 spiro atoms. The van der Waals surface area contributed by atoms with Crippen molar-refractivity contribution in [3.63, 3.8) is 0 Å². The highest BCUT2D eigenvalue weighted by Gasteiger charge is 2.19. The lowest BCUT2D eigenvalue weighted by Gasteiger charge is -2.23. The van der Waals surface area contributed by atoms with Crippen molar-refractivity contribution in [3.8, 4) is 0 Å². The minimum absolute atomic E-state index is 0.227. The van der Waals surface area contributed by atoms with Gasteiger partial charge in [-0.05, 0) is 25.3 Å². The van der Waals surface area contributed by atoms with Gasteiger partial charge in [-0.1, -0.05) is 11.6 Å². The molecule has 1 saturated heterocycles. The van der Waals surface area contributed by atoms with Crippen molar-refractivity contribution < 1.29 is 4.74 Å². The van der Waals surface area contributed by atoms with Crippen LogP contribution in [0.15, 0.2) is 12.3 Å². The molecule has 0 aromatic carbocycles. The molecule has 1 aliphatic heterocycles. The third-order valence-electron chi connectivity index (χ3n) is 3.41. The van der Waals surface area contributed by atoms with E-state index < -0.39 is 0 Å². The molecule has 1 fully saturated rings. The summed E-state index contributed by atoms with van der Waals surface area (Å²) in [6, 6.07) is 1.82. The number of imidazole rings is 1. The first kappa shape index (κ1) is 13.2. The molecule has 0 aliphatic carbocycles. The van der Waals surface area contributed by atoms with Gasteiger partial charge in [0.1, 0.15) is 11.3 Å². The van der Waals surface area contributed by atoms with Crippen molar-refractivity contribution in [1.29, 1.82) is 0 Å². The molecule has 19 heavy (non-hydrogen) atoms. The molecule has 0 radical (unpaired) electrons. The number of aromatic nitrogens is 3. The van der Waals surface area contributed by atoms with Crippen LogP contribution >= 0.6 is 23.2 Å². The van der Waals surface area contributed by atoms with E-state index in [4.69, 9.17) is 27.9 Å². The van der Waals surface area contributed by atoms with Gasteiger partial charge in [0.2, 0.25) is 0 Å². The minimum Gasteiger partial charge on any atom is -0.376 e. The Morgan fingerprint density at radius 2 is 2.32 bits per heavy atom. The number of halogens is 2. The molecule has 102 valence electrons. The fourth-order valence-corrected chi connectivity index (χ4v) is 2.84. The molecule has 6 heteroatoms. The maximum Gasteiger partial charge on any atom is 0.160 e. The van der Waals surface area contributed by atoms with Crippen LogP contribution in [0.2, 0.25) is 5.02 Å². The van der Waals surface area contributed by atoms with Gasteiger partial charge in [0, 0.05) is 12.8 Å². The largest absolute Gasteiger partial charge is 0.376 e. The van der Waals surface area contributed by atoms with Crippen LogP contribution < -0.4 is 0 Å². The number of alkyl halides is 1. The van der Waals surface area contributed by atoms with Gasteiger partial charge in [0.15, 0.2) is 5.65 Å². The van der Waals surface area contributed by atoms with E-state index in [9.17, 15) is 0 Å². The summed E-state index contributed by atoms with van der Waals surface area (Å²) in [7, 11) is 0. The summed E-state index contributed by atoms with van der Waals surface area (Å²) in [5.41, 5.74) is 1.62. The average Bonchev–Trinajstić information content (AvgIpc) is 2.77. The van der Waals surface area contributed by atoms with E-state index in [2.05, 4.69) is 14.5 Å². The maximum absolute atomic E-state index is 5.98. The smallest absolute Gasteiger partial charge is 0.160 e. The predicted octanol–water partition coefficient (Wildman–Crippen LogP) is 3.39. The fraction of sp³-hybridized carbons (Fsp3) is 0.538. The summed E-state index contributed by atoms with van der Waals surface area (Å²) in [5, 5.41) is 0.590. The zero-order valence-corrected chi connectivity index (χ0v) is 12.0. The quantitative estimate of drug-likeness (QED) is 0.816.